The van der Waals surface area contributed by atoms with Crippen LogP contribution in [0.15, 0.2) is 11.4 Å². The van der Waals surface area contributed by atoms with E-state index in [-0.39, 0.29) is 9.90 Å². The van der Waals surface area contributed by atoms with E-state index in [2.05, 4.69) is 0 Å². The number of halogens is 4. The first-order valence-electron chi connectivity index (χ1n) is 3.38. The molecule has 0 saturated carbocycles. The molecule has 1 N–H and O–H groups in total. The second-order valence-corrected chi connectivity index (χ2v) is 4.00. The molecule has 1 atom stereocenters. The molecule has 1 aromatic heterocycles. The van der Waals surface area contributed by atoms with Gasteiger partial charge in [-0.3, -0.25) is 0 Å². The van der Waals surface area contributed by atoms with Gasteiger partial charge in [-0.25, -0.2) is 0 Å². The van der Waals surface area contributed by atoms with Gasteiger partial charge in [0.25, 0.3) is 0 Å². The maximum absolute atomic E-state index is 11.8. The highest BCUT2D eigenvalue weighted by Gasteiger charge is 2.32. The largest absolute Gasteiger partial charge is 0.391 e. The lowest BCUT2D eigenvalue weighted by atomic mass is 10.1. The van der Waals surface area contributed by atoms with Gasteiger partial charge in [-0.05, 0) is 11.4 Å². The van der Waals surface area contributed by atoms with Crippen LogP contribution in [-0.4, -0.2) is 11.3 Å². The maximum atomic E-state index is 11.8. The van der Waals surface area contributed by atoms with Crippen molar-refractivity contribution in [1.82, 2.24) is 0 Å². The van der Waals surface area contributed by atoms with Gasteiger partial charge in [0.2, 0.25) is 0 Å². The lowest BCUT2D eigenvalue weighted by Crippen LogP contribution is -2.13. The summed E-state index contributed by atoms with van der Waals surface area (Å²) in [5, 5.41) is 10.7. The summed E-state index contributed by atoms with van der Waals surface area (Å²) < 4.78 is 35.7. The van der Waals surface area contributed by atoms with E-state index in [1.165, 1.54) is 11.4 Å². The summed E-state index contributed by atoms with van der Waals surface area (Å²) >= 11 is 6.65. The highest BCUT2D eigenvalue weighted by atomic mass is 35.5. The average Bonchev–Trinajstić information content (AvgIpc) is 2.30. The molecular formula is C7H6ClF3OS. The summed E-state index contributed by atoms with van der Waals surface area (Å²) in [7, 11) is 0. The van der Waals surface area contributed by atoms with E-state index in [0.29, 0.717) is 0 Å². The molecule has 0 bridgehead atoms. The molecule has 74 valence electrons. The molecular weight excluding hydrogens is 225 g/mol. The van der Waals surface area contributed by atoms with Gasteiger partial charge in [-0.15, -0.1) is 11.3 Å². The van der Waals surface area contributed by atoms with Crippen molar-refractivity contribution >= 4 is 22.9 Å². The quantitative estimate of drug-likeness (QED) is 0.826. The zero-order chi connectivity index (χ0) is 10.1. The first-order chi connectivity index (χ1) is 5.90. The third kappa shape index (κ3) is 3.17. The number of alkyl halides is 3. The van der Waals surface area contributed by atoms with Crippen LogP contribution in [-0.2, 0) is 0 Å². The number of rotatable bonds is 2. The van der Waals surface area contributed by atoms with E-state index in [9.17, 15) is 13.2 Å². The Morgan fingerprint density at radius 1 is 1.54 bits per heavy atom. The van der Waals surface area contributed by atoms with Crippen molar-refractivity contribution in [2.75, 3.05) is 0 Å². The zero-order valence-corrected chi connectivity index (χ0v) is 7.88. The number of aliphatic hydroxyl groups is 1. The van der Waals surface area contributed by atoms with Gasteiger partial charge < -0.3 is 5.11 Å². The molecule has 0 radical (unpaired) electrons. The molecule has 1 rings (SSSR count). The van der Waals surface area contributed by atoms with Crippen molar-refractivity contribution in [2.45, 2.75) is 18.7 Å². The minimum absolute atomic E-state index is 0.143. The Balaban J connectivity index is 2.69. The lowest BCUT2D eigenvalue weighted by Gasteiger charge is -2.11. The molecule has 1 nitrogen and oxygen atoms in total. The van der Waals surface area contributed by atoms with Crippen molar-refractivity contribution in [1.29, 1.82) is 0 Å². The van der Waals surface area contributed by atoms with Crippen molar-refractivity contribution in [3.63, 3.8) is 0 Å². The molecule has 13 heavy (non-hydrogen) atoms. The Hall–Kier alpha value is -0.260. The Bertz CT molecular complexity index is 284. The number of aliphatic hydroxyl groups excluding tert-OH is 1. The lowest BCUT2D eigenvalue weighted by molar-refractivity contribution is -0.154. The summed E-state index contributed by atoms with van der Waals surface area (Å²) in [6.07, 6.45) is -7.19. The fraction of sp³-hybridized carbons (Fsp3) is 0.429. The van der Waals surface area contributed by atoms with Crippen LogP contribution >= 0.6 is 22.9 Å². The molecule has 0 amide bonds. The summed E-state index contributed by atoms with van der Waals surface area (Å²) in [6, 6.07) is 1.39. The predicted molar refractivity (Wildman–Crippen MR) is 45.0 cm³/mol. The molecule has 1 heterocycles. The molecule has 0 fully saturated rings. The minimum Gasteiger partial charge on any atom is -0.388 e. The zero-order valence-electron chi connectivity index (χ0n) is 6.31. The Morgan fingerprint density at radius 2 is 2.15 bits per heavy atom. The minimum atomic E-state index is -4.37. The summed E-state index contributed by atoms with van der Waals surface area (Å²) in [4.78, 5) is 0. The van der Waals surface area contributed by atoms with Gasteiger partial charge in [0.1, 0.15) is 0 Å². The van der Waals surface area contributed by atoms with Gasteiger partial charge in [-0.1, -0.05) is 11.6 Å². The molecule has 0 spiro atoms. The summed E-state index contributed by atoms with van der Waals surface area (Å²) in [5.74, 6) is 0. The molecule has 0 aromatic carbocycles. The van der Waals surface area contributed by atoms with Crippen molar-refractivity contribution in [3.8, 4) is 0 Å². The highest BCUT2D eigenvalue weighted by Crippen LogP contribution is 2.34. The first kappa shape index (κ1) is 10.8. The molecule has 0 aliphatic heterocycles. The van der Waals surface area contributed by atoms with Crippen LogP contribution in [0.1, 0.15) is 18.1 Å². The second-order valence-electron chi connectivity index (χ2n) is 2.48. The first-order valence-corrected chi connectivity index (χ1v) is 4.63. The van der Waals surface area contributed by atoms with E-state index >= 15 is 0 Å². The number of hydrogen-bond donors (Lipinski definition) is 1. The van der Waals surface area contributed by atoms with Crippen molar-refractivity contribution in [3.05, 3.63) is 21.3 Å². The van der Waals surface area contributed by atoms with Crippen LogP contribution in [0.3, 0.4) is 0 Å². The van der Waals surface area contributed by atoms with Gasteiger partial charge in [-0.2, -0.15) is 13.2 Å². The van der Waals surface area contributed by atoms with E-state index in [0.717, 1.165) is 11.3 Å². The molecule has 0 aliphatic carbocycles. The monoisotopic (exact) mass is 230 g/mol. The molecule has 1 unspecified atom stereocenters. The Kier molecular flexibility index (Phi) is 3.21. The fourth-order valence-electron chi connectivity index (χ4n) is 0.872. The molecule has 0 saturated heterocycles. The van der Waals surface area contributed by atoms with Crippen LogP contribution < -0.4 is 0 Å². The van der Waals surface area contributed by atoms with Gasteiger partial charge in [0, 0.05) is 5.56 Å². The molecule has 0 aliphatic rings. The van der Waals surface area contributed by atoms with E-state index in [4.69, 9.17) is 16.7 Å². The fourth-order valence-corrected chi connectivity index (χ4v) is 1.89. The van der Waals surface area contributed by atoms with Gasteiger partial charge >= 0.3 is 6.18 Å². The predicted octanol–water partition coefficient (Wildman–Crippen LogP) is 3.39. The van der Waals surface area contributed by atoms with Crippen LogP contribution in [0, 0.1) is 0 Å². The smallest absolute Gasteiger partial charge is 0.388 e. The Labute approximate surface area is 81.8 Å². The summed E-state index contributed by atoms with van der Waals surface area (Å²) in [5.41, 5.74) is 0.143. The standard InChI is InChI=1S/C7H6ClF3OS/c8-6-4(1-2-13-6)5(12)3-7(9,10)11/h1-2,5,12H,3H2. The normalized spacial score (nSPS) is 14.5. The summed E-state index contributed by atoms with van der Waals surface area (Å²) in [6.45, 7) is 0. The average molecular weight is 231 g/mol. The molecule has 1 aromatic rings. The van der Waals surface area contributed by atoms with Crippen LogP contribution in [0.5, 0.6) is 0 Å². The Morgan fingerprint density at radius 3 is 2.54 bits per heavy atom. The third-order valence-corrected chi connectivity index (χ3v) is 2.63. The van der Waals surface area contributed by atoms with E-state index < -0.39 is 18.7 Å². The van der Waals surface area contributed by atoms with Gasteiger partial charge in [0.15, 0.2) is 0 Å². The van der Waals surface area contributed by atoms with Crippen LogP contribution in [0.2, 0.25) is 4.34 Å². The highest BCUT2D eigenvalue weighted by molar-refractivity contribution is 7.14. The second kappa shape index (κ2) is 3.86. The SMILES string of the molecule is OC(CC(F)(F)F)c1ccsc1Cl. The van der Waals surface area contributed by atoms with E-state index in [1.807, 2.05) is 0 Å². The van der Waals surface area contributed by atoms with Crippen LogP contribution in [0.4, 0.5) is 13.2 Å². The number of hydrogen-bond acceptors (Lipinski definition) is 2. The molecule has 6 heteroatoms. The maximum Gasteiger partial charge on any atom is 0.391 e. The van der Waals surface area contributed by atoms with E-state index in [1.54, 1.807) is 0 Å². The third-order valence-electron chi connectivity index (χ3n) is 1.43. The van der Waals surface area contributed by atoms with Crippen LogP contribution in [0.25, 0.3) is 0 Å². The number of thiophene rings is 1. The van der Waals surface area contributed by atoms with Crippen molar-refractivity contribution in [2.24, 2.45) is 0 Å². The van der Waals surface area contributed by atoms with Crippen molar-refractivity contribution < 1.29 is 18.3 Å². The van der Waals surface area contributed by atoms with Gasteiger partial charge in [0.05, 0.1) is 16.9 Å². The topological polar surface area (TPSA) is 20.2 Å².